The normalized spacial score (nSPS) is 10.6. The summed E-state index contributed by atoms with van der Waals surface area (Å²) in [5, 5.41) is 27.1. The third-order valence-corrected chi connectivity index (χ3v) is 4.36. The van der Waals surface area contributed by atoms with E-state index in [1.807, 2.05) is 19.1 Å². The van der Waals surface area contributed by atoms with Crippen LogP contribution in [0, 0.1) is 17.0 Å². The number of carbonyl (C=O) groups excluding carboxylic acids is 2. The van der Waals surface area contributed by atoms with E-state index < -0.39 is 10.8 Å². The number of anilines is 1. The maximum atomic E-state index is 12.4. The van der Waals surface area contributed by atoms with Gasteiger partial charge in [-0.3, -0.25) is 19.7 Å². The first-order valence-electron chi connectivity index (χ1n) is 9.13. The number of nitro groups is 1. The number of phenols is 1. The van der Waals surface area contributed by atoms with E-state index in [2.05, 4.69) is 15.8 Å². The number of rotatable bonds is 6. The molecule has 0 unspecified atom stereocenters. The molecule has 0 fully saturated rings. The Bertz CT molecular complexity index is 1190. The minimum Gasteiger partial charge on any atom is -0.507 e. The largest absolute Gasteiger partial charge is 0.507 e. The van der Waals surface area contributed by atoms with Crippen molar-refractivity contribution in [1.29, 1.82) is 0 Å². The standard InChI is InChI=1S/C22H18N4O5/c1-14-5-2-3-8-19(14)22(29)24-17-7-4-6-15(11-17)21(28)25-23-13-16-12-18(26(30)31)9-10-20(16)27/h2-13,27H,1H3,(H,24,29)(H,25,28)/b23-13-. The Morgan fingerprint density at radius 1 is 1.03 bits per heavy atom. The van der Waals surface area contributed by atoms with Crippen molar-refractivity contribution in [3.05, 3.63) is 99.1 Å². The molecule has 0 aliphatic heterocycles. The van der Waals surface area contributed by atoms with Crippen LogP contribution in [0.3, 0.4) is 0 Å². The van der Waals surface area contributed by atoms with E-state index in [4.69, 9.17) is 0 Å². The highest BCUT2D eigenvalue weighted by Gasteiger charge is 2.11. The van der Waals surface area contributed by atoms with Crippen LogP contribution in [0.1, 0.15) is 31.8 Å². The van der Waals surface area contributed by atoms with Gasteiger partial charge >= 0.3 is 0 Å². The third-order valence-electron chi connectivity index (χ3n) is 4.36. The van der Waals surface area contributed by atoms with Gasteiger partial charge in [-0.25, -0.2) is 5.43 Å². The number of hydrogen-bond acceptors (Lipinski definition) is 6. The first-order chi connectivity index (χ1) is 14.8. The van der Waals surface area contributed by atoms with E-state index in [1.165, 1.54) is 12.1 Å². The maximum absolute atomic E-state index is 12.4. The fraction of sp³-hybridized carbons (Fsp3) is 0.0455. The van der Waals surface area contributed by atoms with E-state index in [9.17, 15) is 24.8 Å². The number of hydrazone groups is 1. The van der Waals surface area contributed by atoms with Crippen LogP contribution in [-0.2, 0) is 0 Å². The second kappa shape index (κ2) is 9.31. The zero-order valence-corrected chi connectivity index (χ0v) is 16.4. The molecule has 0 heterocycles. The lowest BCUT2D eigenvalue weighted by Gasteiger charge is -2.08. The van der Waals surface area contributed by atoms with Gasteiger partial charge in [-0.1, -0.05) is 24.3 Å². The molecule has 156 valence electrons. The summed E-state index contributed by atoms with van der Waals surface area (Å²) in [6.45, 7) is 1.83. The quantitative estimate of drug-likeness (QED) is 0.319. The number of amides is 2. The second-order valence-corrected chi connectivity index (χ2v) is 6.55. The van der Waals surface area contributed by atoms with Crippen molar-refractivity contribution in [3.63, 3.8) is 0 Å². The highest BCUT2D eigenvalue weighted by molar-refractivity contribution is 6.06. The molecule has 3 N–H and O–H groups in total. The van der Waals surface area contributed by atoms with Gasteiger partial charge in [0.15, 0.2) is 0 Å². The molecule has 0 atom stereocenters. The smallest absolute Gasteiger partial charge is 0.271 e. The Morgan fingerprint density at radius 2 is 1.81 bits per heavy atom. The molecular formula is C22H18N4O5. The van der Waals surface area contributed by atoms with E-state index >= 15 is 0 Å². The first kappa shape index (κ1) is 21.2. The average molecular weight is 418 g/mol. The molecule has 0 aromatic heterocycles. The van der Waals surface area contributed by atoms with E-state index in [0.717, 1.165) is 23.9 Å². The summed E-state index contributed by atoms with van der Waals surface area (Å²) in [6, 6.07) is 16.9. The van der Waals surface area contributed by atoms with Crippen LogP contribution in [-0.4, -0.2) is 28.1 Å². The Kier molecular flexibility index (Phi) is 6.36. The number of carbonyl (C=O) groups is 2. The van der Waals surface area contributed by atoms with Crippen LogP contribution < -0.4 is 10.7 Å². The number of benzene rings is 3. The van der Waals surface area contributed by atoms with Crippen LogP contribution >= 0.6 is 0 Å². The van der Waals surface area contributed by atoms with Crippen LogP contribution in [0.15, 0.2) is 71.8 Å². The lowest BCUT2D eigenvalue weighted by molar-refractivity contribution is -0.384. The number of non-ortho nitro benzene ring substituents is 1. The van der Waals surface area contributed by atoms with Gasteiger partial charge in [-0.15, -0.1) is 0 Å². The molecule has 0 spiro atoms. The Morgan fingerprint density at radius 3 is 2.55 bits per heavy atom. The summed E-state index contributed by atoms with van der Waals surface area (Å²) in [5.74, 6) is -1.08. The van der Waals surface area contributed by atoms with Crippen molar-refractivity contribution >= 4 is 29.4 Å². The Labute approximate surface area is 177 Å². The van der Waals surface area contributed by atoms with E-state index in [1.54, 1.807) is 30.3 Å². The van der Waals surface area contributed by atoms with Gasteiger partial charge < -0.3 is 10.4 Å². The second-order valence-electron chi connectivity index (χ2n) is 6.55. The molecular weight excluding hydrogens is 400 g/mol. The van der Waals surface area contributed by atoms with E-state index in [0.29, 0.717) is 11.3 Å². The number of aryl methyl sites for hydroxylation is 1. The monoisotopic (exact) mass is 418 g/mol. The molecule has 0 saturated carbocycles. The topological polar surface area (TPSA) is 134 Å². The molecule has 0 bridgehead atoms. The first-order valence-corrected chi connectivity index (χ1v) is 9.13. The van der Waals surface area contributed by atoms with Gasteiger partial charge in [-0.05, 0) is 42.8 Å². The lowest BCUT2D eigenvalue weighted by atomic mass is 10.1. The molecule has 31 heavy (non-hydrogen) atoms. The molecule has 0 aliphatic carbocycles. The molecule has 9 heteroatoms. The van der Waals surface area contributed by atoms with Gasteiger partial charge in [0.25, 0.3) is 17.5 Å². The van der Waals surface area contributed by atoms with Crippen molar-refractivity contribution in [2.45, 2.75) is 6.92 Å². The Balaban J connectivity index is 1.69. The summed E-state index contributed by atoms with van der Waals surface area (Å²) >= 11 is 0. The summed E-state index contributed by atoms with van der Waals surface area (Å²) < 4.78 is 0. The zero-order chi connectivity index (χ0) is 22.4. The van der Waals surface area contributed by atoms with Gasteiger partial charge in [0.05, 0.1) is 11.1 Å². The van der Waals surface area contributed by atoms with Gasteiger partial charge in [0.2, 0.25) is 0 Å². The van der Waals surface area contributed by atoms with Crippen LogP contribution in [0.2, 0.25) is 0 Å². The molecule has 0 saturated heterocycles. The molecule has 2 amide bonds. The summed E-state index contributed by atoms with van der Waals surface area (Å²) in [6.07, 6.45) is 1.10. The van der Waals surface area contributed by atoms with Crippen molar-refractivity contribution in [2.75, 3.05) is 5.32 Å². The number of aromatic hydroxyl groups is 1. The highest BCUT2D eigenvalue weighted by Crippen LogP contribution is 2.21. The SMILES string of the molecule is Cc1ccccc1C(=O)Nc1cccc(C(=O)N/N=C\c2cc([N+](=O)[O-])ccc2O)c1. The molecule has 9 nitrogen and oxygen atoms in total. The predicted octanol–water partition coefficient (Wildman–Crippen LogP) is 3.63. The molecule has 0 aliphatic rings. The van der Waals surface area contributed by atoms with Gasteiger partial charge in [0.1, 0.15) is 5.75 Å². The van der Waals surface area contributed by atoms with Crippen LogP contribution in [0.5, 0.6) is 5.75 Å². The summed E-state index contributed by atoms with van der Waals surface area (Å²) in [7, 11) is 0. The number of hydrogen-bond donors (Lipinski definition) is 3. The maximum Gasteiger partial charge on any atom is 0.271 e. The van der Waals surface area contributed by atoms with Crippen LogP contribution in [0.4, 0.5) is 11.4 Å². The number of nitrogens with one attached hydrogen (secondary N) is 2. The van der Waals surface area contributed by atoms with Crippen molar-refractivity contribution in [2.24, 2.45) is 5.10 Å². The van der Waals surface area contributed by atoms with Crippen molar-refractivity contribution in [3.8, 4) is 5.75 Å². The zero-order valence-electron chi connectivity index (χ0n) is 16.4. The van der Waals surface area contributed by atoms with Crippen LogP contribution in [0.25, 0.3) is 0 Å². The number of nitro benzene ring substituents is 1. The average Bonchev–Trinajstić information content (AvgIpc) is 2.75. The van der Waals surface area contributed by atoms with Gasteiger partial charge in [-0.2, -0.15) is 5.10 Å². The molecule has 0 radical (unpaired) electrons. The molecule has 3 aromatic rings. The minimum absolute atomic E-state index is 0.0775. The van der Waals surface area contributed by atoms with Crippen molar-refractivity contribution < 1.29 is 19.6 Å². The molecule has 3 rings (SSSR count). The lowest BCUT2D eigenvalue weighted by Crippen LogP contribution is -2.18. The highest BCUT2D eigenvalue weighted by atomic mass is 16.6. The Hall–Kier alpha value is -4.53. The minimum atomic E-state index is -0.605. The fourth-order valence-electron chi connectivity index (χ4n) is 2.75. The fourth-order valence-corrected chi connectivity index (χ4v) is 2.75. The summed E-state index contributed by atoms with van der Waals surface area (Å²) in [5.41, 5.74) is 4.16. The third kappa shape index (κ3) is 5.30. The summed E-state index contributed by atoms with van der Waals surface area (Å²) in [4.78, 5) is 35.0. The predicted molar refractivity (Wildman–Crippen MR) is 115 cm³/mol. The molecule has 3 aromatic carbocycles. The van der Waals surface area contributed by atoms with Crippen molar-refractivity contribution in [1.82, 2.24) is 5.43 Å². The number of phenolic OH excluding ortho intramolecular Hbond substituents is 1. The van der Waals surface area contributed by atoms with Gasteiger partial charge in [0, 0.05) is 34.5 Å². The number of nitrogens with zero attached hydrogens (tertiary/aromatic N) is 2. The van der Waals surface area contributed by atoms with E-state index in [-0.39, 0.29) is 28.5 Å².